The minimum absolute atomic E-state index is 0.0381. The lowest BCUT2D eigenvalue weighted by Crippen LogP contribution is -2.29. The van der Waals surface area contributed by atoms with Crippen LogP contribution in [0.15, 0.2) is 30.3 Å². The minimum atomic E-state index is -0.852. The second-order valence-corrected chi connectivity index (χ2v) is 4.67. The van der Waals surface area contributed by atoms with Crippen molar-refractivity contribution in [3.05, 3.63) is 35.9 Å². The van der Waals surface area contributed by atoms with Crippen LogP contribution in [0.4, 0.5) is 0 Å². The topological polar surface area (TPSA) is 78.4 Å². The van der Waals surface area contributed by atoms with Gasteiger partial charge in [0.05, 0.1) is 6.04 Å². The van der Waals surface area contributed by atoms with Gasteiger partial charge < -0.3 is 15.7 Å². The molecule has 0 aliphatic carbocycles. The van der Waals surface area contributed by atoms with Gasteiger partial charge in [0.15, 0.2) is 0 Å². The molecule has 1 aromatic rings. The van der Waals surface area contributed by atoms with Crippen LogP contribution in [0.1, 0.15) is 37.3 Å². The summed E-state index contributed by atoms with van der Waals surface area (Å²) in [7, 11) is 1.84. The zero-order valence-electron chi connectivity index (χ0n) is 11.8. The van der Waals surface area contributed by atoms with Crippen LogP contribution < -0.4 is 10.6 Å². The van der Waals surface area contributed by atoms with E-state index in [9.17, 15) is 9.59 Å². The van der Waals surface area contributed by atoms with Crippen molar-refractivity contribution in [1.82, 2.24) is 10.6 Å². The Bertz CT molecular complexity index is 420. The van der Waals surface area contributed by atoms with Crippen molar-refractivity contribution in [3.63, 3.8) is 0 Å². The van der Waals surface area contributed by atoms with E-state index in [0.29, 0.717) is 12.8 Å². The van der Waals surface area contributed by atoms with Gasteiger partial charge in [-0.2, -0.15) is 0 Å². The van der Waals surface area contributed by atoms with E-state index in [4.69, 9.17) is 5.11 Å². The molecule has 0 heterocycles. The van der Waals surface area contributed by atoms with Crippen LogP contribution in [-0.2, 0) is 9.59 Å². The van der Waals surface area contributed by atoms with E-state index in [0.717, 1.165) is 18.5 Å². The fourth-order valence-electron chi connectivity index (χ4n) is 1.97. The molecule has 0 saturated heterocycles. The Labute approximate surface area is 119 Å². The molecule has 1 rings (SSSR count). The summed E-state index contributed by atoms with van der Waals surface area (Å²) in [5.74, 6) is -0.894. The molecule has 0 aliphatic heterocycles. The summed E-state index contributed by atoms with van der Waals surface area (Å²) in [5, 5.41) is 14.7. The van der Waals surface area contributed by atoms with Gasteiger partial charge in [-0.3, -0.25) is 9.59 Å². The number of benzene rings is 1. The van der Waals surface area contributed by atoms with E-state index in [-0.39, 0.29) is 18.4 Å². The Hall–Kier alpha value is -1.88. The van der Waals surface area contributed by atoms with E-state index in [2.05, 4.69) is 10.6 Å². The van der Waals surface area contributed by atoms with Crippen molar-refractivity contribution in [2.75, 3.05) is 13.6 Å². The summed E-state index contributed by atoms with van der Waals surface area (Å²) < 4.78 is 0. The van der Waals surface area contributed by atoms with Crippen LogP contribution in [0.3, 0.4) is 0 Å². The highest BCUT2D eigenvalue weighted by molar-refractivity contribution is 5.76. The van der Waals surface area contributed by atoms with Crippen LogP contribution in [0.25, 0.3) is 0 Å². The molecule has 0 radical (unpaired) electrons. The van der Waals surface area contributed by atoms with E-state index in [1.54, 1.807) is 0 Å². The summed E-state index contributed by atoms with van der Waals surface area (Å²) >= 11 is 0. The Morgan fingerprint density at radius 3 is 2.50 bits per heavy atom. The van der Waals surface area contributed by atoms with Crippen LogP contribution in [0.5, 0.6) is 0 Å². The zero-order valence-corrected chi connectivity index (χ0v) is 11.8. The number of carbonyl (C=O) groups excluding carboxylic acids is 1. The molecule has 1 aromatic carbocycles. The molecule has 5 heteroatoms. The van der Waals surface area contributed by atoms with Gasteiger partial charge in [-0.1, -0.05) is 30.3 Å². The maximum absolute atomic E-state index is 11.9. The number of amides is 1. The third-order valence-corrected chi connectivity index (χ3v) is 3.01. The SMILES string of the molecule is CNCCCC(=O)NC(CCC(=O)O)c1ccccc1. The minimum Gasteiger partial charge on any atom is -0.481 e. The molecule has 1 unspecified atom stereocenters. The molecule has 1 amide bonds. The molecule has 0 fully saturated rings. The van der Waals surface area contributed by atoms with Crippen molar-refractivity contribution < 1.29 is 14.7 Å². The van der Waals surface area contributed by atoms with Crippen LogP contribution in [-0.4, -0.2) is 30.6 Å². The maximum atomic E-state index is 11.9. The average molecular weight is 278 g/mol. The molecular formula is C15H22N2O3. The molecule has 1 atom stereocenters. The average Bonchev–Trinajstić information content (AvgIpc) is 2.44. The normalized spacial score (nSPS) is 11.8. The Kier molecular flexibility index (Phi) is 7.35. The van der Waals surface area contributed by atoms with Crippen LogP contribution >= 0.6 is 0 Å². The van der Waals surface area contributed by atoms with Crippen LogP contribution in [0.2, 0.25) is 0 Å². The lowest BCUT2D eigenvalue weighted by Gasteiger charge is -2.18. The highest BCUT2D eigenvalue weighted by Crippen LogP contribution is 2.18. The third kappa shape index (κ3) is 6.33. The van der Waals surface area contributed by atoms with E-state index in [1.165, 1.54) is 0 Å². The molecule has 20 heavy (non-hydrogen) atoms. The molecule has 110 valence electrons. The van der Waals surface area contributed by atoms with Crippen molar-refractivity contribution >= 4 is 11.9 Å². The number of carboxylic acid groups (broad SMARTS) is 1. The number of aliphatic carboxylic acids is 1. The summed E-state index contributed by atoms with van der Waals surface area (Å²) in [5.41, 5.74) is 0.940. The highest BCUT2D eigenvalue weighted by atomic mass is 16.4. The van der Waals surface area contributed by atoms with Crippen molar-refractivity contribution in [3.8, 4) is 0 Å². The zero-order chi connectivity index (χ0) is 14.8. The maximum Gasteiger partial charge on any atom is 0.303 e. The fraction of sp³-hybridized carbons (Fsp3) is 0.467. The number of hydrogen-bond donors (Lipinski definition) is 3. The van der Waals surface area contributed by atoms with E-state index in [1.807, 2.05) is 37.4 Å². The van der Waals surface area contributed by atoms with E-state index >= 15 is 0 Å². The summed E-state index contributed by atoms with van der Waals surface area (Å²) in [6, 6.07) is 9.23. The molecule has 0 aromatic heterocycles. The number of rotatable bonds is 9. The standard InChI is InChI=1S/C15H22N2O3/c1-16-11-5-8-14(18)17-13(9-10-15(19)20)12-6-3-2-4-7-12/h2-4,6-7,13,16H,5,8-11H2,1H3,(H,17,18)(H,19,20). The number of carbonyl (C=O) groups is 2. The first-order valence-corrected chi connectivity index (χ1v) is 6.84. The largest absolute Gasteiger partial charge is 0.481 e. The molecule has 0 bridgehead atoms. The molecule has 0 saturated carbocycles. The number of carboxylic acids is 1. The molecule has 5 nitrogen and oxygen atoms in total. The molecule has 3 N–H and O–H groups in total. The Balaban J connectivity index is 2.58. The summed E-state index contributed by atoms with van der Waals surface area (Å²) in [6.07, 6.45) is 1.65. The first-order valence-electron chi connectivity index (χ1n) is 6.84. The van der Waals surface area contributed by atoms with Crippen molar-refractivity contribution in [2.45, 2.75) is 31.7 Å². The third-order valence-electron chi connectivity index (χ3n) is 3.01. The van der Waals surface area contributed by atoms with Gasteiger partial charge in [0.25, 0.3) is 0 Å². The molecular weight excluding hydrogens is 256 g/mol. The van der Waals surface area contributed by atoms with Gasteiger partial charge in [-0.15, -0.1) is 0 Å². The number of hydrogen-bond acceptors (Lipinski definition) is 3. The van der Waals surface area contributed by atoms with Gasteiger partial charge in [-0.05, 0) is 32.0 Å². The highest BCUT2D eigenvalue weighted by Gasteiger charge is 2.15. The Morgan fingerprint density at radius 2 is 1.90 bits per heavy atom. The second-order valence-electron chi connectivity index (χ2n) is 4.67. The van der Waals surface area contributed by atoms with Crippen molar-refractivity contribution in [1.29, 1.82) is 0 Å². The predicted molar refractivity (Wildman–Crippen MR) is 77.4 cm³/mol. The number of nitrogens with one attached hydrogen (secondary N) is 2. The lowest BCUT2D eigenvalue weighted by molar-refractivity contribution is -0.137. The predicted octanol–water partition coefficient (Wildman–Crippen LogP) is 1.71. The van der Waals surface area contributed by atoms with Gasteiger partial charge in [0, 0.05) is 12.8 Å². The van der Waals surface area contributed by atoms with Gasteiger partial charge in [0.1, 0.15) is 0 Å². The van der Waals surface area contributed by atoms with Crippen LogP contribution in [0, 0.1) is 0 Å². The first kappa shape index (κ1) is 16.2. The molecule has 0 aliphatic rings. The first-order chi connectivity index (χ1) is 9.63. The van der Waals surface area contributed by atoms with Crippen molar-refractivity contribution in [2.24, 2.45) is 0 Å². The van der Waals surface area contributed by atoms with E-state index < -0.39 is 5.97 Å². The van der Waals surface area contributed by atoms with Gasteiger partial charge >= 0.3 is 5.97 Å². The fourth-order valence-corrected chi connectivity index (χ4v) is 1.97. The quantitative estimate of drug-likeness (QED) is 0.601. The van der Waals surface area contributed by atoms with Gasteiger partial charge in [0.2, 0.25) is 5.91 Å². The molecule has 0 spiro atoms. The summed E-state index contributed by atoms with van der Waals surface area (Å²) in [6.45, 7) is 0.790. The Morgan fingerprint density at radius 1 is 1.20 bits per heavy atom. The second kappa shape index (κ2) is 9.09. The smallest absolute Gasteiger partial charge is 0.303 e. The van der Waals surface area contributed by atoms with Gasteiger partial charge in [-0.25, -0.2) is 0 Å². The monoisotopic (exact) mass is 278 g/mol. The lowest BCUT2D eigenvalue weighted by atomic mass is 10.0. The summed E-state index contributed by atoms with van der Waals surface area (Å²) in [4.78, 5) is 22.6.